The highest BCUT2D eigenvalue weighted by Crippen LogP contribution is 2.21. The second-order valence-corrected chi connectivity index (χ2v) is 4.21. The lowest BCUT2D eigenvalue weighted by Gasteiger charge is -2.11. The van der Waals surface area contributed by atoms with E-state index in [-0.39, 0.29) is 12.2 Å². The van der Waals surface area contributed by atoms with E-state index in [2.05, 4.69) is 5.16 Å². The van der Waals surface area contributed by atoms with Crippen molar-refractivity contribution in [3.63, 3.8) is 0 Å². The summed E-state index contributed by atoms with van der Waals surface area (Å²) in [6, 6.07) is 10.1. The summed E-state index contributed by atoms with van der Waals surface area (Å²) >= 11 is 0. The zero-order chi connectivity index (χ0) is 14.5. The molecule has 0 aliphatic carbocycles. The van der Waals surface area contributed by atoms with Crippen molar-refractivity contribution in [2.45, 2.75) is 13.5 Å². The molecule has 0 saturated carbocycles. The summed E-state index contributed by atoms with van der Waals surface area (Å²) in [6.45, 7) is 1.50. The lowest BCUT2D eigenvalue weighted by molar-refractivity contribution is 0.297. The summed E-state index contributed by atoms with van der Waals surface area (Å²) in [5.74, 6) is -0.616. The van der Waals surface area contributed by atoms with Crippen molar-refractivity contribution in [2.24, 2.45) is 5.16 Å². The Kier molecular flexibility index (Phi) is 4.30. The Hall–Kier alpha value is -2.43. The van der Waals surface area contributed by atoms with Gasteiger partial charge in [-0.15, -0.1) is 0 Å². The van der Waals surface area contributed by atoms with Crippen molar-refractivity contribution in [3.8, 4) is 5.75 Å². The van der Waals surface area contributed by atoms with Crippen LogP contribution in [0, 0.1) is 11.6 Å². The summed E-state index contributed by atoms with van der Waals surface area (Å²) in [5, 5.41) is 11.9. The molecule has 1 N–H and O–H groups in total. The molecular formula is C15H13F2NO2. The predicted octanol–water partition coefficient (Wildman–Crippen LogP) is 3.74. The highest BCUT2D eigenvalue weighted by molar-refractivity contribution is 6.00. The van der Waals surface area contributed by atoms with Gasteiger partial charge in [0.15, 0.2) is 0 Å². The molecule has 0 aromatic heterocycles. The third-order valence-electron chi connectivity index (χ3n) is 2.82. The van der Waals surface area contributed by atoms with Crippen LogP contribution in [0.5, 0.6) is 5.75 Å². The van der Waals surface area contributed by atoms with Crippen molar-refractivity contribution in [3.05, 3.63) is 65.2 Å². The van der Waals surface area contributed by atoms with E-state index in [1.807, 2.05) is 0 Å². The first-order valence-electron chi connectivity index (χ1n) is 5.96. The summed E-state index contributed by atoms with van der Waals surface area (Å²) in [7, 11) is 0. The van der Waals surface area contributed by atoms with Crippen LogP contribution >= 0.6 is 0 Å². The Morgan fingerprint density at radius 2 is 1.95 bits per heavy atom. The third-order valence-corrected chi connectivity index (χ3v) is 2.82. The zero-order valence-corrected chi connectivity index (χ0v) is 10.8. The van der Waals surface area contributed by atoms with E-state index in [9.17, 15) is 8.78 Å². The Balaban J connectivity index is 2.21. The van der Waals surface area contributed by atoms with Crippen molar-refractivity contribution in [1.29, 1.82) is 0 Å². The average Bonchev–Trinajstić information content (AvgIpc) is 2.47. The van der Waals surface area contributed by atoms with Gasteiger partial charge in [-0.1, -0.05) is 17.3 Å². The highest BCUT2D eigenvalue weighted by atomic mass is 19.1. The van der Waals surface area contributed by atoms with Gasteiger partial charge in [0.1, 0.15) is 24.0 Å². The molecule has 0 saturated heterocycles. The van der Waals surface area contributed by atoms with Crippen molar-refractivity contribution < 1.29 is 18.7 Å². The molecule has 0 bridgehead atoms. The minimum atomic E-state index is -0.531. The van der Waals surface area contributed by atoms with Gasteiger partial charge in [-0.2, -0.15) is 0 Å². The van der Waals surface area contributed by atoms with Crippen LogP contribution in [0.2, 0.25) is 0 Å². The fourth-order valence-corrected chi connectivity index (χ4v) is 1.75. The van der Waals surface area contributed by atoms with Gasteiger partial charge in [0.05, 0.1) is 5.71 Å². The molecule has 0 aliphatic rings. The van der Waals surface area contributed by atoms with Crippen LogP contribution in [0.15, 0.2) is 47.6 Å². The number of para-hydroxylation sites is 1. The van der Waals surface area contributed by atoms with Crippen LogP contribution in [0.25, 0.3) is 0 Å². The van der Waals surface area contributed by atoms with E-state index in [1.54, 1.807) is 31.2 Å². The molecule has 0 aliphatic heterocycles. The molecule has 0 atom stereocenters. The standard InChI is InChI=1S/C15H13F2NO2/c1-10(18-19)13-4-2-3-5-15(13)20-9-11-8-12(16)6-7-14(11)17/h2-8,19H,9H2,1H3/b18-10-. The third kappa shape index (κ3) is 3.12. The topological polar surface area (TPSA) is 41.8 Å². The van der Waals surface area contributed by atoms with E-state index in [0.717, 1.165) is 18.2 Å². The summed E-state index contributed by atoms with van der Waals surface area (Å²) < 4.78 is 32.0. The smallest absolute Gasteiger partial charge is 0.130 e. The molecule has 3 nitrogen and oxygen atoms in total. The fraction of sp³-hybridized carbons (Fsp3) is 0.133. The second-order valence-electron chi connectivity index (χ2n) is 4.21. The SMILES string of the molecule is C/C(=N/O)c1ccccc1OCc1cc(F)ccc1F. The first-order valence-corrected chi connectivity index (χ1v) is 5.96. The lowest BCUT2D eigenvalue weighted by atomic mass is 10.1. The van der Waals surface area contributed by atoms with E-state index < -0.39 is 11.6 Å². The number of benzene rings is 2. The van der Waals surface area contributed by atoms with Crippen molar-refractivity contribution in [1.82, 2.24) is 0 Å². The molecular weight excluding hydrogens is 264 g/mol. The quantitative estimate of drug-likeness (QED) is 0.525. The highest BCUT2D eigenvalue weighted by Gasteiger charge is 2.09. The molecule has 0 spiro atoms. The molecule has 20 heavy (non-hydrogen) atoms. The minimum Gasteiger partial charge on any atom is -0.488 e. The van der Waals surface area contributed by atoms with E-state index in [1.165, 1.54) is 0 Å². The van der Waals surface area contributed by atoms with Gasteiger partial charge in [0.2, 0.25) is 0 Å². The maximum absolute atomic E-state index is 13.5. The van der Waals surface area contributed by atoms with Crippen LogP contribution in [0.1, 0.15) is 18.1 Å². The molecule has 0 fully saturated rings. The van der Waals surface area contributed by atoms with Crippen LogP contribution in [-0.4, -0.2) is 10.9 Å². The largest absolute Gasteiger partial charge is 0.488 e. The van der Waals surface area contributed by atoms with Gasteiger partial charge >= 0.3 is 0 Å². The number of rotatable bonds is 4. The molecule has 0 amide bonds. The number of ether oxygens (including phenoxy) is 1. The van der Waals surface area contributed by atoms with Gasteiger partial charge in [0, 0.05) is 11.1 Å². The van der Waals surface area contributed by atoms with Crippen LogP contribution < -0.4 is 4.74 Å². The summed E-state index contributed by atoms with van der Waals surface area (Å²) in [6.07, 6.45) is 0. The van der Waals surface area contributed by atoms with Crippen LogP contribution in [0.3, 0.4) is 0 Å². The van der Waals surface area contributed by atoms with Gasteiger partial charge in [0.25, 0.3) is 0 Å². The van der Waals surface area contributed by atoms with Gasteiger partial charge in [-0.3, -0.25) is 0 Å². The van der Waals surface area contributed by atoms with Crippen LogP contribution in [-0.2, 0) is 6.61 Å². The fourth-order valence-electron chi connectivity index (χ4n) is 1.75. The molecule has 2 aromatic rings. The Bertz CT molecular complexity index is 642. The first-order chi connectivity index (χ1) is 9.61. The number of hydrogen-bond acceptors (Lipinski definition) is 3. The number of nitrogens with zero attached hydrogens (tertiary/aromatic N) is 1. The molecule has 2 aromatic carbocycles. The predicted molar refractivity (Wildman–Crippen MR) is 71.1 cm³/mol. The molecule has 0 radical (unpaired) electrons. The van der Waals surface area contributed by atoms with Crippen molar-refractivity contribution in [2.75, 3.05) is 0 Å². The number of oxime groups is 1. The maximum atomic E-state index is 13.5. The monoisotopic (exact) mass is 277 g/mol. The molecule has 2 rings (SSSR count). The molecule has 0 unspecified atom stereocenters. The van der Waals surface area contributed by atoms with Crippen LogP contribution in [0.4, 0.5) is 8.78 Å². The van der Waals surface area contributed by atoms with Gasteiger partial charge < -0.3 is 9.94 Å². The summed E-state index contributed by atoms with van der Waals surface area (Å²) in [4.78, 5) is 0. The number of hydrogen-bond donors (Lipinski definition) is 1. The Morgan fingerprint density at radius 3 is 2.70 bits per heavy atom. The van der Waals surface area contributed by atoms with E-state index >= 15 is 0 Å². The van der Waals surface area contributed by atoms with Gasteiger partial charge in [-0.25, -0.2) is 8.78 Å². The van der Waals surface area contributed by atoms with Gasteiger partial charge in [-0.05, 0) is 37.3 Å². The Morgan fingerprint density at radius 1 is 1.20 bits per heavy atom. The Labute approximate surface area is 115 Å². The molecule has 0 heterocycles. The van der Waals surface area contributed by atoms with E-state index in [0.29, 0.717) is 17.0 Å². The second kappa shape index (κ2) is 6.14. The first kappa shape index (κ1) is 14.0. The average molecular weight is 277 g/mol. The lowest BCUT2D eigenvalue weighted by Crippen LogP contribution is -2.04. The minimum absolute atomic E-state index is 0.112. The van der Waals surface area contributed by atoms with E-state index in [4.69, 9.17) is 9.94 Å². The molecule has 5 heteroatoms. The summed E-state index contributed by atoms with van der Waals surface area (Å²) in [5.41, 5.74) is 1.09. The van der Waals surface area contributed by atoms with Crippen molar-refractivity contribution >= 4 is 5.71 Å². The molecule has 104 valence electrons. The number of halogens is 2. The normalized spacial score (nSPS) is 11.4. The maximum Gasteiger partial charge on any atom is 0.130 e. The zero-order valence-electron chi connectivity index (χ0n) is 10.8.